The number of thiophene rings is 1. The van der Waals surface area contributed by atoms with Gasteiger partial charge in [-0.2, -0.15) is 0 Å². The number of methoxy groups -OCH3 is 1. The molecule has 0 spiro atoms. The van der Waals surface area contributed by atoms with Crippen molar-refractivity contribution in [3.63, 3.8) is 0 Å². The number of aryl methyl sites for hydroxylation is 1. The van der Waals surface area contributed by atoms with Crippen LogP contribution in [0.3, 0.4) is 0 Å². The van der Waals surface area contributed by atoms with Crippen LogP contribution >= 0.6 is 38.9 Å². The molecule has 0 saturated heterocycles. The summed E-state index contributed by atoms with van der Waals surface area (Å²) in [6.07, 6.45) is 0. The summed E-state index contributed by atoms with van der Waals surface area (Å²) in [5.41, 5.74) is 8.33. The Morgan fingerprint density at radius 3 is 2.67 bits per heavy atom. The Morgan fingerprint density at radius 1 is 1.44 bits per heavy atom. The summed E-state index contributed by atoms with van der Waals surface area (Å²) in [5, 5.41) is 2.79. The molecule has 0 radical (unpaired) electrons. The monoisotopic (exact) mass is 345 g/mol. The maximum absolute atomic E-state index is 6.26. The van der Waals surface area contributed by atoms with Gasteiger partial charge < -0.3 is 10.5 Å². The highest BCUT2D eigenvalue weighted by molar-refractivity contribution is 9.10. The molecule has 0 aliphatic rings. The molecule has 96 valence electrons. The van der Waals surface area contributed by atoms with Crippen molar-refractivity contribution in [2.24, 2.45) is 5.73 Å². The van der Waals surface area contributed by atoms with Gasteiger partial charge >= 0.3 is 0 Å². The van der Waals surface area contributed by atoms with E-state index in [1.165, 1.54) is 0 Å². The predicted molar refractivity (Wildman–Crippen MR) is 80.8 cm³/mol. The first-order valence-corrected chi connectivity index (χ1v) is 7.42. The van der Waals surface area contributed by atoms with Gasteiger partial charge in [-0.15, -0.1) is 11.3 Å². The van der Waals surface area contributed by atoms with Crippen molar-refractivity contribution in [3.05, 3.63) is 49.1 Å². The van der Waals surface area contributed by atoms with Crippen LogP contribution in [0.4, 0.5) is 0 Å². The van der Waals surface area contributed by atoms with E-state index in [0.717, 1.165) is 31.2 Å². The van der Waals surface area contributed by atoms with Gasteiger partial charge in [-0.1, -0.05) is 17.7 Å². The molecule has 2 nitrogen and oxygen atoms in total. The van der Waals surface area contributed by atoms with Crippen LogP contribution in [0.25, 0.3) is 0 Å². The van der Waals surface area contributed by atoms with Crippen LogP contribution in [-0.4, -0.2) is 7.11 Å². The second-order valence-corrected chi connectivity index (χ2v) is 6.11. The van der Waals surface area contributed by atoms with Gasteiger partial charge in [0, 0.05) is 4.88 Å². The van der Waals surface area contributed by atoms with E-state index in [2.05, 4.69) is 15.9 Å². The molecule has 2 N–H and O–H groups in total. The lowest BCUT2D eigenvalue weighted by atomic mass is 10.1. The Kier molecular flexibility index (Phi) is 4.33. The Bertz CT molecular complexity index is 570. The smallest absolute Gasteiger partial charge is 0.133 e. The highest BCUT2D eigenvalue weighted by Crippen LogP contribution is 2.36. The Hall–Kier alpha value is -0.550. The van der Waals surface area contributed by atoms with Crippen LogP contribution in [-0.2, 0) is 0 Å². The van der Waals surface area contributed by atoms with Crippen LogP contribution in [0.1, 0.15) is 22.0 Å². The molecule has 2 rings (SSSR count). The predicted octanol–water partition coefficient (Wildman–Crippen LogP) is 4.53. The summed E-state index contributed by atoms with van der Waals surface area (Å²) in [6.45, 7) is 1.99. The molecule has 5 heteroatoms. The fraction of sp³-hybridized carbons (Fsp3) is 0.231. The standard InChI is InChI=1S/C13H13BrClNOS/c1-7-6-18-13(11(7)15)12(16)8-3-4-10(17-2)9(14)5-8/h3-6,12H,16H2,1-2H3. The van der Waals surface area contributed by atoms with E-state index in [-0.39, 0.29) is 6.04 Å². The minimum absolute atomic E-state index is 0.210. The van der Waals surface area contributed by atoms with E-state index in [1.807, 2.05) is 30.5 Å². The second-order valence-electron chi connectivity index (χ2n) is 3.97. The SMILES string of the molecule is COc1ccc(C(N)c2scc(C)c2Cl)cc1Br. The molecule has 0 aliphatic heterocycles. The minimum Gasteiger partial charge on any atom is -0.496 e. The average Bonchev–Trinajstić information content (AvgIpc) is 2.69. The van der Waals surface area contributed by atoms with Crippen LogP contribution in [0.2, 0.25) is 5.02 Å². The van der Waals surface area contributed by atoms with E-state index >= 15 is 0 Å². The molecule has 0 bridgehead atoms. The molecule has 1 aromatic heterocycles. The summed E-state index contributed by atoms with van der Waals surface area (Å²) in [6, 6.07) is 5.61. The molecular formula is C13H13BrClNOS. The molecule has 0 aliphatic carbocycles. The molecule has 1 atom stereocenters. The van der Waals surface area contributed by atoms with E-state index in [4.69, 9.17) is 22.1 Å². The van der Waals surface area contributed by atoms with E-state index in [1.54, 1.807) is 18.4 Å². The van der Waals surface area contributed by atoms with Crippen LogP contribution in [0.15, 0.2) is 28.1 Å². The van der Waals surface area contributed by atoms with Crippen molar-refractivity contribution in [2.75, 3.05) is 7.11 Å². The first-order valence-electron chi connectivity index (χ1n) is 5.37. The van der Waals surface area contributed by atoms with Crippen LogP contribution < -0.4 is 10.5 Å². The molecule has 18 heavy (non-hydrogen) atoms. The van der Waals surface area contributed by atoms with Crippen molar-refractivity contribution in [1.29, 1.82) is 0 Å². The number of nitrogens with two attached hydrogens (primary N) is 1. The number of ether oxygens (including phenoxy) is 1. The van der Waals surface area contributed by atoms with E-state index in [0.29, 0.717) is 0 Å². The molecule has 1 heterocycles. The molecule has 0 fully saturated rings. The zero-order valence-electron chi connectivity index (χ0n) is 10.0. The van der Waals surface area contributed by atoms with Gasteiger partial charge in [0.25, 0.3) is 0 Å². The van der Waals surface area contributed by atoms with Crippen molar-refractivity contribution < 1.29 is 4.74 Å². The minimum atomic E-state index is -0.210. The maximum atomic E-state index is 6.26. The third-order valence-electron chi connectivity index (χ3n) is 2.74. The number of rotatable bonds is 3. The number of halogens is 2. The highest BCUT2D eigenvalue weighted by Gasteiger charge is 2.17. The van der Waals surface area contributed by atoms with Gasteiger partial charge in [-0.3, -0.25) is 0 Å². The molecule has 2 aromatic rings. The lowest BCUT2D eigenvalue weighted by molar-refractivity contribution is 0.412. The quantitative estimate of drug-likeness (QED) is 0.886. The number of benzene rings is 1. The van der Waals surface area contributed by atoms with Gasteiger partial charge in [0.05, 0.1) is 22.6 Å². The number of hydrogen-bond donors (Lipinski definition) is 1. The van der Waals surface area contributed by atoms with Crippen molar-refractivity contribution >= 4 is 38.9 Å². The Balaban J connectivity index is 2.37. The van der Waals surface area contributed by atoms with Gasteiger partial charge in [0.15, 0.2) is 0 Å². The highest BCUT2D eigenvalue weighted by atomic mass is 79.9. The normalized spacial score (nSPS) is 12.5. The van der Waals surface area contributed by atoms with E-state index in [9.17, 15) is 0 Å². The molecular weight excluding hydrogens is 334 g/mol. The fourth-order valence-corrected chi connectivity index (χ4v) is 3.58. The summed E-state index contributed by atoms with van der Waals surface area (Å²) in [4.78, 5) is 0.992. The average molecular weight is 347 g/mol. The summed E-state index contributed by atoms with van der Waals surface area (Å²) < 4.78 is 6.09. The largest absolute Gasteiger partial charge is 0.496 e. The van der Waals surface area contributed by atoms with Gasteiger partial charge in [0.2, 0.25) is 0 Å². The van der Waals surface area contributed by atoms with Crippen LogP contribution in [0.5, 0.6) is 5.75 Å². The molecule has 1 unspecified atom stereocenters. The van der Waals surface area contributed by atoms with Crippen LogP contribution in [0, 0.1) is 6.92 Å². The zero-order chi connectivity index (χ0) is 13.3. The topological polar surface area (TPSA) is 35.2 Å². The molecule has 1 aromatic carbocycles. The first-order chi connectivity index (χ1) is 8.54. The van der Waals surface area contributed by atoms with Gasteiger partial charge in [-0.05, 0) is 51.5 Å². The Morgan fingerprint density at radius 2 is 2.17 bits per heavy atom. The lowest BCUT2D eigenvalue weighted by Crippen LogP contribution is -2.10. The maximum Gasteiger partial charge on any atom is 0.133 e. The molecule has 0 amide bonds. The van der Waals surface area contributed by atoms with Gasteiger partial charge in [0.1, 0.15) is 5.75 Å². The lowest BCUT2D eigenvalue weighted by Gasteiger charge is -2.13. The first kappa shape index (κ1) is 13.9. The summed E-state index contributed by atoms with van der Waals surface area (Å²) in [7, 11) is 1.64. The third kappa shape index (κ3) is 2.57. The number of hydrogen-bond acceptors (Lipinski definition) is 3. The van der Waals surface area contributed by atoms with Crippen molar-refractivity contribution in [2.45, 2.75) is 13.0 Å². The third-order valence-corrected chi connectivity index (χ3v) is 5.16. The molecule has 0 saturated carbocycles. The van der Waals surface area contributed by atoms with E-state index < -0.39 is 0 Å². The zero-order valence-corrected chi connectivity index (χ0v) is 13.2. The van der Waals surface area contributed by atoms with Crippen molar-refractivity contribution in [1.82, 2.24) is 0 Å². The summed E-state index contributed by atoms with van der Waals surface area (Å²) >= 11 is 11.3. The van der Waals surface area contributed by atoms with Gasteiger partial charge in [-0.25, -0.2) is 0 Å². The fourth-order valence-electron chi connectivity index (χ4n) is 1.69. The summed E-state index contributed by atoms with van der Waals surface area (Å²) in [5.74, 6) is 0.791. The Labute approximate surface area is 124 Å². The second kappa shape index (κ2) is 5.61. The van der Waals surface area contributed by atoms with Crippen molar-refractivity contribution in [3.8, 4) is 5.75 Å².